The molecule has 0 aliphatic carbocycles. The summed E-state index contributed by atoms with van der Waals surface area (Å²) in [5.74, 6) is 0. The maximum atomic E-state index is 6.26. The summed E-state index contributed by atoms with van der Waals surface area (Å²) in [4.78, 5) is 5.06. The largest absolute Gasteiger partial charge is 0.456 e. The molecule has 3 heteroatoms. The SMILES string of the molecule is c1ccc2cc3c(cc2c1)oc1ccc(-c2ccc(-c4c5ccccc5c(-c5ccc6oc7ccccc7c6c5)c5ccccc45)cn2)cc13. The highest BCUT2D eigenvalue weighted by molar-refractivity contribution is 6.22. The van der Waals surface area contributed by atoms with Crippen molar-refractivity contribution in [3.63, 3.8) is 0 Å². The lowest BCUT2D eigenvalue weighted by Crippen LogP contribution is -1.92. The molecule has 0 saturated carbocycles. The molecular weight excluding hydrogens is 611 g/mol. The van der Waals surface area contributed by atoms with Crippen LogP contribution in [0.5, 0.6) is 0 Å². The lowest BCUT2D eigenvalue weighted by molar-refractivity contribution is 0.669. The number of aromatic nitrogens is 1. The van der Waals surface area contributed by atoms with E-state index in [0.29, 0.717) is 0 Å². The molecule has 3 nitrogen and oxygen atoms in total. The molecule has 11 rings (SSSR count). The molecule has 0 unspecified atom stereocenters. The quantitative estimate of drug-likeness (QED) is 0.181. The highest BCUT2D eigenvalue weighted by Crippen LogP contribution is 2.45. The molecule has 0 radical (unpaired) electrons. The second-order valence-electron chi connectivity index (χ2n) is 13.1. The van der Waals surface area contributed by atoms with Crippen molar-refractivity contribution in [1.29, 1.82) is 0 Å². The molecule has 232 valence electrons. The summed E-state index contributed by atoms with van der Waals surface area (Å²) in [6, 6.07) is 55.9. The van der Waals surface area contributed by atoms with E-state index in [4.69, 9.17) is 13.8 Å². The van der Waals surface area contributed by atoms with Gasteiger partial charge in [0.2, 0.25) is 0 Å². The maximum Gasteiger partial charge on any atom is 0.136 e. The number of benzene rings is 8. The number of hydrogen-bond acceptors (Lipinski definition) is 3. The van der Waals surface area contributed by atoms with E-state index in [1.807, 2.05) is 18.3 Å². The van der Waals surface area contributed by atoms with Gasteiger partial charge in [-0.25, -0.2) is 0 Å². The average Bonchev–Trinajstić information content (AvgIpc) is 3.73. The number of pyridine rings is 1. The molecule has 0 bridgehead atoms. The first-order chi connectivity index (χ1) is 24.8. The van der Waals surface area contributed by atoms with Crippen molar-refractivity contribution in [3.8, 4) is 33.5 Å². The monoisotopic (exact) mass is 637 g/mol. The first kappa shape index (κ1) is 27.3. The van der Waals surface area contributed by atoms with Crippen molar-refractivity contribution in [3.05, 3.63) is 164 Å². The predicted octanol–water partition coefficient (Wildman–Crippen LogP) is 13.3. The van der Waals surface area contributed by atoms with E-state index in [1.54, 1.807) is 0 Å². The van der Waals surface area contributed by atoms with Gasteiger partial charge in [-0.1, -0.05) is 103 Å². The number of hydrogen-bond donors (Lipinski definition) is 0. The molecule has 0 saturated heterocycles. The van der Waals surface area contributed by atoms with Gasteiger partial charge in [0.15, 0.2) is 0 Å². The molecular formula is C47H27NO2. The smallest absolute Gasteiger partial charge is 0.136 e. The molecule has 0 amide bonds. The summed E-state index contributed by atoms with van der Waals surface area (Å²) >= 11 is 0. The average molecular weight is 638 g/mol. The molecule has 0 aliphatic rings. The Morgan fingerprint density at radius 1 is 0.320 bits per heavy atom. The van der Waals surface area contributed by atoms with E-state index in [-0.39, 0.29) is 0 Å². The molecule has 3 heterocycles. The number of rotatable bonds is 3. The second-order valence-corrected chi connectivity index (χ2v) is 13.1. The fourth-order valence-electron chi connectivity index (χ4n) is 7.97. The Kier molecular flexibility index (Phi) is 5.67. The van der Waals surface area contributed by atoms with Gasteiger partial charge in [0.1, 0.15) is 22.3 Å². The fraction of sp³-hybridized carbons (Fsp3) is 0. The zero-order valence-electron chi connectivity index (χ0n) is 26.9. The van der Waals surface area contributed by atoms with Gasteiger partial charge in [0.05, 0.1) is 5.69 Å². The van der Waals surface area contributed by atoms with E-state index in [0.717, 1.165) is 60.7 Å². The van der Waals surface area contributed by atoms with Gasteiger partial charge in [0.25, 0.3) is 0 Å². The Morgan fingerprint density at radius 2 is 0.800 bits per heavy atom. The van der Waals surface area contributed by atoms with Crippen molar-refractivity contribution in [2.24, 2.45) is 0 Å². The standard InChI is InChI=1S/C47H27NO2/c1-2-10-29-26-45-40(23-28(29)9-1)39-24-30(18-21-44(39)50-45)41-20-17-32(27-48-41)47-36-14-5-3-12-34(36)46(35-13-4-6-15-37(35)47)31-19-22-43-38(25-31)33-11-7-8-16-42(33)49-43/h1-27H. The van der Waals surface area contributed by atoms with Crippen LogP contribution < -0.4 is 0 Å². The Bertz CT molecular complexity index is 3090. The number of fused-ring (bicyclic) bond motifs is 9. The van der Waals surface area contributed by atoms with Crippen LogP contribution in [0.2, 0.25) is 0 Å². The zero-order chi connectivity index (χ0) is 32.8. The molecule has 8 aromatic carbocycles. The van der Waals surface area contributed by atoms with Crippen LogP contribution in [0.1, 0.15) is 0 Å². The van der Waals surface area contributed by atoms with Crippen LogP contribution >= 0.6 is 0 Å². The van der Waals surface area contributed by atoms with Gasteiger partial charge in [0, 0.05) is 38.9 Å². The van der Waals surface area contributed by atoms with Crippen LogP contribution in [0.25, 0.3) is 110 Å². The first-order valence-corrected chi connectivity index (χ1v) is 16.9. The Balaban J connectivity index is 1.07. The van der Waals surface area contributed by atoms with Crippen molar-refractivity contribution < 1.29 is 8.83 Å². The maximum absolute atomic E-state index is 6.26. The van der Waals surface area contributed by atoms with E-state index >= 15 is 0 Å². The fourth-order valence-corrected chi connectivity index (χ4v) is 7.97. The predicted molar refractivity (Wildman–Crippen MR) is 208 cm³/mol. The summed E-state index contributed by atoms with van der Waals surface area (Å²) in [7, 11) is 0. The molecule has 0 spiro atoms. The third-order valence-corrected chi connectivity index (χ3v) is 10.3. The van der Waals surface area contributed by atoms with Crippen molar-refractivity contribution in [2.45, 2.75) is 0 Å². The van der Waals surface area contributed by atoms with E-state index in [1.165, 1.54) is 49.0 Å². The lowest BCUT2D eigenvalue weighted by atomic mass is 9.86. The summed E-state index contributed by atoms with van der Waals surface area (Å²) in [5.41, 5.74) is 10.3. The minimum atomic E-state index is 0.883. The normalized spacial score (nSPS) is 12.0. The van der Waals surface area contributed by atoms with Gasteiger partial charge in [-0.2, -0.15) is 0 Å². The molecule has 0 aliphatic heterocycles. The van der Waals surface area contributed by atoms with Gasteiger partial charge in [-0.3, -0.25) is 4.98 Å². The van der Waals surface area contributed by atoms with Gasteiger partial charge < -0.3 is 8.83 Å². The third-order valence-electron chi connectivity index (χ3n) is 10.3. The summed E-state index contributed by atoms with van der Waals surface area (Å²) in [6.07, 6.45) is 2.03. The Hall–Kier alpha value is -6.71. The van der Waals surface area contributed by atoms with E-state index in [2.05, 4.69) is 146 Å². The van der Waals surface area contributed by atoms with Crippen molar-refractivity contribution in [2.75, 3.05) is 0 Å². The molecule has 3 aromatic heterocycles. The van der Waals surface area contributed by atoms with Crippen LogP contribution in [0.3, 0.4) is 0 Å². The van der Waals surface area contributed by atoms with Crippen LogP contribution in [0, 0.1) is 0 Å². The van der Waals surface area contributed by atoms with Crippen molar-refractivity contribution >= 4 is 76.2 Å². The van der Waals surface area contributed by atoms with Crippen LogP contribution in [-0.4, -0.2) is 4.98 Å². The Labute approximate surface area is 286 Å². The van der Waals surface area contributed by atoms with Crippen LogP contribution in [0.4, 0.5) is 0 Å². The highest BCUT2D eigenvalue weighted by atomic mass is 16.3. The summed E-state index contributed by atoms with van der Waals surface area (Å²) in [6.45, 7) is 0. The number of para-hydroxylation sites is 1. The minimum absolute atomic E-state index is 0.883. The zero-order valence-corrected chi connectivity index (χ0v) is 26.9. The first-order valence-electron chi connectivity index (χ1n) is 16.9. The van der Waals surface area contributed by atoms with Crippen molar-refractivity contribution in [1.82, 2.24) is 4.98 Å². The van der Waals surface area contributed by atoms with Gasteiger partial charge >= 0.3 is 0 Å². The topological polar surface area (TPSA) is 39.2 Å². The molecule has 11 aromatic rings. The van der Waals surface area contributed by atoms with E-state index in [9.17, 15) is 0 Å². The minimum Gasteiger partial charge on any atom is -0.456 e. The van der Waals surface area contributed by atoms with E-state index < -0.39 is 0 Å². The number of furan rings is 2. The highest BCUT2D eigenvalue weighted by Gasteiger charge is 2.18. The van der Waals surface area contributed by atoms with Gasteiger partial charge in [-0.05, 0) is 104 Å². The van der Waals surface area contributed by atoms with Crippen LogP contribution in [-0.2, 0) is 0 Å². The number of nitrogens with zero attached hydrogens (tertiary/aromatic N) is 1. The third kappa shape index (κ3) is 4.01. The van der Waals surface area contributed by atoms with Crippen LogP contribution in [0.15, 0.2) is 173 Å². The molecule has 50 heavy (non-hydrogen) atoms. The van der Waals surface area contributed by atoms with Gasteiger partial charge in [-0.15, -0.1) is 0 Å². The molecule has 0 N–H and O–H groups in total. The second kappa shape index (κ2) is 10.4. The lowest BCUT2D eigenvalue weighted by Gasteiger charge is -2.17. The molecule has 0 fully saturated rings. The molecule has 0 atom stereocenters. The summed E-state index contributed by atoms with van der Waals surface area (Å²) in [5, 5.41) is 11.7. The summed E-state index contributed by atoms with van der Waals surface area (Å²) < 4.78 is 12.4. The Morgan fingerprint density at radius 3 is 1.48 bits per heavy atom.